The maximum Gasteiger partial charge on any atom is 0.302 e. The van der Waals surface area contributed by atoms with Crippen molar-refractivity contribution in [2.24, 2.45) is 0 Å². The molecule has 7 nitrogen and oxygen atoms in total. The first-order valence-electron chi connectivity index (χ1n) is 9.74. The number of amides is 1. The summed E-state index contributed by atoms with van der Waals surface area (Å²) in [5, 5.41) is 21.1. The van der Waals surface area contributed by atoms with Gasteiger partial charge in [-0.05, 0) is 42.0 Å². The third-order valence-corrected chi connectivity index (χ3v) is 5.88. The Morgan fingerprint density at radius 2 is 1.75 bits per heavy atom. The number of aromatic nitrogens is 2. The molecule has 5 rings (SSSR count). The van der Waals surface area contributed by atoms with E-state index < -0.39 is 17.7 Å². The van der Waals surface area contributed by atoms with Crippen molar-refractivity contribution < 1.29 is 19.8 Å². The molecule has 3 aromatic carbocycles. The van der Waals surface area contributed by atoms with Crippen LogP contribution in [0.15, 0.2) is 82.8 Å². The molecule has 4 aromatic rings. The number of aromatic hydroxyl groups is 1. The largest absolute Gasteiger partial charge is 0.508 e. The lowest BCUT2D eigenvalue weighted by molar-refractivity contribution is -0.132. The van der Waals surface area contributed by atoms with E-state index in [1.807, 2.05) is 18.2 Å². The van der Waals surface area contributed by atoms with E-state index in [1.54, 1.807) is 42.5 Å². The van der Waals surface area contributed by atoms with Gasteiger partial charge in [-0.1, -0.05) is 52.3 Å². The number of Topliss-reactive ketones (excluding diaryl/α,β-unsaturated/α-hetero) is 1. The number of nitrogens with zero attached hydrogens (tertiary/aromatic N) is 2. The highest BCUT2D eigenvalue weighted by molar-refractivity contribution is 9.10. The highest BCUT2D eigenvalue weighted by Crippen LogP contribution is 2.42. The predicted molar refractivity (Wildman–Crippen MR) is 123 cm³/mol. The van der Waals surface area contributed by atoms with Crippen LogP contribution in [0.1, 0.15) is 17.2 Å². The summed E-state index contributed by atoms with van der Waals surface area (Å²) in [4.78, 5) is 35.1. The molecule has 158 valence electrons. The van der Waals surface area contributed by atoms with Crippen LogP contribution >= 0.6 is 15.9 Å². The van der Waals surface area contributed by atoms with Crippen molar-refractivity contribution in [2.75, 3.05) is 4.90 Å². The van der Waals surface area contributed by atoms with E-state index in [-0.39, 0.29) is 23.0 Å². The van der Waals surface area contributed by atoms with Gasteiger partial charge in [-0.25, -0.2) is 4.98 Å². The molecule has 1 fully saturated rings. The van der Waals surface area contributed by atoms with Gasteiger partial charge in [-0.15, -0.1) is 0 Å². The zero-order valence-electron chi connectivity index (χ0n) is 16.5. The zero-order valence-corrected chi connectivity index (χ0v) is 18.1. The van der Waals surface area contributed by atoms with Crippen LogP contribution in [0.2, 0.25) is 0 Å². The number of carbonyl (C=O) groups is 2. The van der Waals surface area contributed by atoms with Crippen LogP contribution in [0.3, 0.4) is 0 Å². The third-order valence-electron chi connectivity index (χ3n) is 5.35. The number of aliphatic hydroxyl groups is 1. The number of imidazole rings is 1. The van der Waals surface area contributed by atoms with Gasteiger partial charge in [-0.3, -0.25) is 14.5 Å². The number of benzene rings is 3. The summed E-state index contributed by atoms with van der Waals surface area (Å²) in [6, 6.07) is 19.3. The van der Waals surface area contributed by atoms with Gasteiger partial charge >= 0.3 is 5.91 Å². The fourth-order valence-electron chi connectivity index (χ4n) is 3.88. The first-order chi connectivity index (χ1) is 15.4. The molecule has 1 amide bonds. The molecule has 1 aliphatic rings. The molecular weight excluding hydrogens is 474 g/mol. The van der Waals surface area contributed by atoms with Crippen LogP contribution in [0, 0.1) is 0 Å². The minimum absolute atomic E-state index is 0.0265. The maximum absolute atomic E-state index is 13.2. The lowest BCUT2D eigenvalue weighted by Crippen LogP contribution is -2.30. The van der Waals surface area contributed by atoms with Crippen molar-refractivity contribution in [3.63, 3.8) is 0 Å². The number of phenolic OH excluding ortho intramolecular Hbond substituents is 1. The van der Waals surface area contributed by atoms with E-state index in [0.29, 0.717) is 22.2 Å². The Balaban J connectivity index is 1.74. The average Bonchev–Trinajstić information content (AvgIpc) is 3.32. The molecule has 8 heteroatoms. The molecule has 3 N–H and O–H groups in total. The number of fused-ring (bicyclic) bond motifs is 1. The van der Waals surface area contributed by atoms with Gasteiger partial charge in [0, 0.05) is 10.0 Å². The summed E-state index contributed by atoms with van der Waals surface area (Å²) >= 11 is 3.35. The second-order valence-corrected chi connectivity index (χ2v) is 8.26. The number of nitrogens with one attached hydrogen (secondary N) is 1. The first kappa shape index (κ1) is 20.0. The molecule has 2 heterocycles. The van der Waals surface area contributed by atoms with Crippen molar-refractivity contribution >= 4 is 50.4 Å². The molecular formula is C24H16BrN3O4. The lowest BCUT2D eigenvalue weighted by atomic mass is 9.95. The Labute approximate surface area is 190 Å². The fraction of sp³-hybridized carbons (Fsp3) is 0.0417. The number of para-hydroxylation sites is 2. The number of H-pyrrole nitrogens is 1. The molecule has 1 aromatic heterocycles. The third kappa shape index (κ3) is 3.25. The summed E-state index contributed by atoms with van der Waals surface area (Å²) in [5.41, 5.74) is 2.10. The van der Waals surface area contributed by atoms with Crippen molar-refractivity contribution in [3.8, 4) is 5.75 Å². The van der Waals surface area contributed by atoms with Gasteiger partial charge in [-0.2, -0.15) is 0 Å². The molecule has 0 bridgehead atoms. The smallest absolute Gasteiger partial charge is 0.302 e. The predicted octanol–water partition coefficient (Wildman–Crippen LogP) is 4.66. The Kier molecular flexibility index (Phi) is 4.79. The van der Waals surface area contributed by atoms with Crippen LogP contribution in [0.4, 0.5) is 5.95 Å². The van der Waals surface area contributed by atoms with E-state index in [1.165, 1.54) is 17.0 Å². The monoisotopic (exact) mass is 489 g/mol. The van der Waals surface area contributed by atoms with E-state index in [2.05, 4.69) is 25.9 Å². The van der Waals surface area contributed by atoms with Crippen molar-refractivity contribution in [2.45, 2.75) is 6.04 Å². The summed E-state index contributed by atoms with van der Waals surface area (Å²) in [6.45, 7) is 0. The number of halogens is 1. The quantitative estimate of drug-likeness (QED) is 0.220. The van der Waals surface area contributed by atoms with Crippen molar-refractivity contribution in [1.29, 1.82) is 0 Å². The minimum atomic E-state index is -0.980. The standard InChI is InChI=1S/C24H16BrN3O4/c25-15-10-8-13(9-11-15)21(30)19-20(14-4-3-5-16(29)12-14)28(23(32)22(19)31)24-26-17-6-1-2-7-18(17)27-24/h1-12,20,29-30H,(H,26,27)/b21-19+. The summed E-state index contributed by atoms with van der Waals surface area (Å²) in [5.74, 6) is -1.81. The van der Waals surface area contributed by atoms with Gasteiger partial charge in [0.25, 0.3) is 5.78 Å². The minimum Gasteiger partial charge on any atom is -0.508 e. The normalized spacial score (nSPS) is 17.9. The van der Waals surface area contributed by atoms with Crippen molar-refractivity contribution in [3.05, 3.63) is 94.0 Å². The number of ketones is 1. The average molecular weight is 490 g/mol. The van der Waals surface area contributed by atoms with Crippen LogP contribution in [-0.2, 0) is 9.59 Å². The van der Waals surface area contributed by atoms with Gasteiger partial charge < -0.3 is 15.2 Å². The summed E-state index contributed by atoms with van der Waals surface area (Å²) in [6.07, 6.45) is 0. The van der Waals surface area contributed by atoms with Crippen LogP contribution in [-0.4, -0.2) is 31.9 Å². The Hall–Kier alpha value is -3.91. The number of aromatic amines is 1. The lowest BCUT2D eigenvalue weighted by Gasteiger charge is -2.23. The molecule has 1 unspecified atom stereocenters. The molecule has 0 saturated carbocycles. The topological polar surface area (TPSA) is 107 Å². The highest BCUT2D eigenvalue weighted by atomic mass is 79.9. The summed E-state index contributed by atoms with van der Waals surface area (Å²) in [7, 11) is 0. The molecule has 0 spiro atoms. The van der Waals surface area contributed by atoms with Crippen LogP contribution in [0.5, 0.6) is 5.75 Å². The highest BCUT2D eigenvalue weighted by Gasteiger charge is 2.48. The van der Waals surface area contributed by atoms with E-state index >= 15 is 0 Å². The molecule has 32 heavy (non-hydrogen) atoms. The van der Waals surface area contributed by atoms with Crippen molar-refractivity contribution in [1.82, 2.24) is 9.97 Å². The van der Waals surface area contributed by atoms with Crippen LogP contribution < -0.4 is 4.90 Å². The number of anilines is 1. The second kappa shape index (κ2) is 7.65. The Bertz CT molecular complexity index is 1380. The molecule has 0 radical (unpaired) electrons. The van der Waals surface area contributed by atoms with Gasteiger partial charge in [0.1, 0.15) is 11.5 Å². The number of carbonyl (C=O) groups excluding carboxylic acids is 2. The van der Waals surface area contributed by atoms with E-state index in [0.717, 1.165) is 4.47 Å². The van der Waals surface area contributed by atoms with Crippen LogP contribution in [0.25, 0.3) is 16.8 Å². The molecule has 1 saturated heterocycles. The maximum atomic E-state index is 13.2. The van der Waals surface area contributed by atoms with E-state index in [4.69, 9.17) is 0 Å². The van der Waals surface area contributed by atoms with Gasteiger partial charge in [0.2, 0.25) is 5.95 Å². The van der Waals surface area contributed by atoms with Gasteiger partial charge in [0.15, 0.2) is 0 Å². The van der Waals surface area contributed by atoms with Gasteiger partial charge in [0.05, 0.1) is 22.6 Å². The molecule has 1 aliphatic heterocycles. The first-order valence-corrected chi connectivity index (χ1v) is 10.5. The summed E-state index contributed by atoms with van der Waals surface area (Å²) < 4.78 is 0.807. The van der Waals surface area contributed by atoms with E-state index in [9.17, 15) is 19.8 Å². The molecule has 0 aliphatic carbocycles. The Morgan fingerprint density at radius 1 is 1.00 bits per heavy atom. The number of phenols is 1. The molecule has 1 atom stereocenters. The second-order valence-electron chi connectivity index (χ2n) is 7.35. The fourth-order valence-corrected chi connectivity index (χ4v) is 4.14. The number of hydrogen-bond donors (Lipinski definition) is 3. The SMILES string of the molecule is O=C1C(=O)N(c2nc3ccccc3[nH]2)C(c2cccc(O)c2)/C1=C(\O)c1ccc(Br)cc1. The number of hydrogen-bond acceptors (Lipinski definition) is 5. The number of rotatable bonds is 3. The number of aliphatic hydroxyl groups excluding tert-OH is 1. The zero-order chi connectivity index (χ0) is 22.4. The Morgan fingerprint density at radius 3 is 2.47 bits per heavy atom.